The molecular formula is C19H34N6. The predicted molar refractivity (Wildman–Crippen MR) is 104 cm³/mol. The summed E-state index contributed by atoms with van der Waals surface area (Å²) >= 11 is 0. The van der Waals surface area contributed by atoms with Crippen LogP contribution in [0.4, 0.5) is 5.69 Å². The third-order valence-corrected chi connectivity index (χ3v) is 5.48. The van der Waals surface area contributed by atoms with Crippen LogP contribution in [-0.2, 0) is 0 Å². The van der Waals surface area contributed by atoms with Crippen LogP contribution >= 0.6 is 0 Å². The molecule has 0 bridgehead atoms. The van der Waals surface area contributed by atoms with Crippen LogP contribution in [0.5, 0.6) is 0 Å². The summed E-state index contributed by atoms with van der Waals surface area (Å²) in [7, 11) is 4.23. The highest BCUT2D eigenvalue weighted by molar-refractivity contribution is 5.57. The van der Waals surface area contributed by atoms with Crippen molar-refractivity contribution in [3.05, 3.63) is 29.8 Å². The Kier molecular flexibility index (Phi) is 6.30. The second-order valence-corrected chi connectivity index (χ2v) is 7.55. The molecule has 0 aliphatic carbocycles. The van der Waals surface area contributed by atoms with Crippen LogP contribution in [0.2, 0.25) is 0 Å². The van der Waals surface area contributed by atoms with Gasteiger partial charge in [0.05, 0.1) is 6.17 Å². The molecule has 0 saturated carbocycles. The molecule has 6 heteroatoms. The van der Waals surface area contributed by atoms with Crippen molar-refractivity contribution < 1.29 is 0 Å². The monoisotopic (exact) mass is 346 g/mol. The van der Waals surface area contributed by atoms with E-state index in [0.717, 1.165) is 45.4 Å². The molecule has 3 atom stereocenters. The molecule has 0 aromatic heterocycles. The standard InChI is InChI=1S/C19H34N6/c1-23(2)13-6-14-24-17-9-4-3-8-16(17)18(20)25(19(24)21)15-7-5-11-22-12-10-15/h3-4,8-9,15,18-19,22H,5-7,10-14,20-21H2,1-2H3. The fourth-order valence-electron chi connectivity index (χ4n) is 4.18. The minimum absolute atomic E-state index is 0.126. The lowest BCUT2D eigenvalue weighted by Gasteiger charge is -2.50. The van der Waals surface area contributed by atoms with E-state index in [9.17, 15) is 0 Å². The minimum atomic E-state index is -0.157. The number of hydrogen-bond acceptors (Lipinski definition) is 6. The summed E-state index contributed by atoms with van der Waals surface area (Å²) in [5.74, 6) is 0. The number of nitrogens with two attached hydrogens (primary N) is 2. The van der Waals surface area contributed by atoms with E-state index in [0.29, 0.717) is 6.04 Å². The Labute approximate surface area is 152 Å². The SMILES string of the molecule is CN(C)CCCN1c2ccccc2C(N)N(C2CCCNCC2)C1N. The van der Waals surface area contributed by atoms with Gasteiger partial charge in [0.15, 0.2) is 0 Å². The van der Waals surface area contributed by atoms with Crippen molar-refractivity contribution in [3.8, 4) is 0 Å². The van der Waals surface area contributed by atoms with Crippen LogP contribution in [0.1, 0.15) is 37.4 Å². The molecule has 140 valence electrons. The van der Waals surface area contributed by atoms with Gasteiger partial charge in [-0.25, -0.2) is 4.90 Å². The van der Waals surface area contributed by atoms with Crippen LogP contribution in [0.25, 0.3) is 0 Å². The maximum Gasteiger partial charge on any atom is 0.136 e. The molecule has 1 saturated heterocycles. The van der Waals surface area contributed by atoms with Crippen molar-refractivity contribution in [2.75, 3.05) is 45.2 Å². The van der Waals surface area contributed by atoms with Crippen molar-refractivity contribution >= 4 is 5.69 Å². The van der Waals surface area contributed by atoms with Gasteiger partial charge in [0, 0.05) is 23.8 Å². The average molecular weight is 347 g/mol. The van der Waals surface area contributed by atoms with Gasteiger partial charge in [0.25, 0.3) is 0 Å². The zero-order valence-electron chi connectivity index (χ0n) is 15.7. The number of benzene rings is 1. The Morgan fingerprint density at radius 3 is 2.76 bits per heavy atom. The summed E-state index contributed by atoms with van der Waals surface area (Å²) in [5, 5.41) is 3.50. The lowest BCUT2D eigenvalue weighted by Crippen LogP contribution is -2.63. The summed E-state index contributed by atoms with van der Waals surface area (Å²) in [5.41, 5.74) is 15.9. The smallest absolute Gasteiger partial charge is 0.136 e. The molecular weight excluding hydrogens is 312 g/mol. The van der Waals surface area contributed by atoms with Gasteiger partial charge >= 0.3 is 0 Å². The lowest BCUT2D eigenvalue weighted by atomic mass is 9.99. The highest BCUT2D eigenvalue weighted by Crippen LogP contribution is 2.37. The Bertz CT molecular complexity index is 540. The van der Waals surface area contributed by atoms with Gasteiger partial charge in [-0.1, -0.05) is 18.2 Å². The minimum Gasteiger partial charge on any atom is -0.343 e. The van der Waals surface area contributed by atoms with Crippen molar-refractivity contribution in [3.63, 3.8) is 0 Å². The molecule has 1 aromatic carbocycles. The topological polar surface area (TPSA) is 73.8 Å². The van der Waals surface area contributed by atoms with Crippen molar-refractivity contribution in [1.82, 2.24) is 15.1 Å². The van der Waals surface area contributed by atoms with Crippen molar-refractivity contribution in [2.45, 2.75) is 44.2 Å². The number of fused-ring (bicyclic) bond motifs is 1. The number of nitrogens with zero attached hydrogens (tertiary/aromatic N) is 3. The van der Waals surface area contributed by atoms with Gasteiger partial charge in [-0.2, -0.15) is 0 Å². The first-order valence-corrected chi connectivity index (χ1v) is 9.59. The maximum absolute atomic E-state index is 6.77. The van der Waals surface area contributed by atoms with Crippen LogP contribution in [0.3, 0.4) is 0 Å². The van der Waals surface area contributed by atoms with E-state index < -0.39 is 0 Å². The highest BCUT2D eigenvalue weighted by atomic mass is 15.5. The molecule has 2 aliphatic heterocycles. The largest absolute Gasteiger partial charge is 0.343 e. The summed E-state index contributed by atoms with van der Waals surface area (Å²) < 4.78 is 0. The number of rotatable bonds is 5. The molecule has 0 spiro atoms. The molecule has 5 N–H and O–H groups in total. The van der Waals surface area contributed by atoms with Gasteiger partial charge in [0.2, 0.25) is 0 Å². The second kappa shape index (κ2) is 8.47. The third kappa shape index (κ3) is 4.15. The zero-order valence-corrected chi connectivity index (χ0v) is 15.7. The average Bonchev–Trinajstić information content (AvgIpc) is 2.87. The van der Waals surface area contributed by atoms with Gasteiger partial charge in [-0.3, -0.25) is 5.73 Å². The molecule has 3 rings (SSSR count). The molecule has 2 heterocycles. The maximum atomic E-state index is 6.77. The van der Waals surface area contributed by atoms with Crippen molar-refractivity contribution in [1.29, 1.82) is 0 Å². The first-order valence-electron chi connectivity index (χ1n) is 9.59. The Hall–Kier alpha value is -1.18. The number of hydrogen-bond donors (Lipinski definition) is 3. The second-order valence-electron chi connectivity index (χ2n) is 7.55. The van der Waals surface area contributed by atoms with Gasteiger partial charge in [0.1, 0.15) is 6.29 Å². The van der Waals surface area contributed by atoms with E-state index in [2.05, 4.69) is 58.4 Å². The first kappa shape index (κ1) is 18.6. The quantitative estimate of drug-likeness (QED) is 0.741. The lowest BCUT2D eigenvalue weighted by molar-refractivity contribution is 0.0615. The molecule has 6 nitrogen and oxygen atoms in total. The normalized spacial score (nSPS) is 28.0. The van der Waals surface area contributed by atoms with Crippen molar-refractivity contribution in [2.24, 2.45) is 11.5 Å². The molecule has 0 amide bonds. The van der Waals surface area contributed by atoms with E-state index >= 15 is 0 Å². The number of nitrogens with one attached hydrogen (secondary N) is 1. The molecule has 3 unspecified atom stereocenters. The number of anilines is 1. The van der Waals surface area contributed by atoms with Crippen LogP contribution in [0.15, 0.2) is 24.3 Å². The molecule has 2 aliphatic rings. The van der Waals surface area contributed by atoms with Crippen LogP contribution in [0, 0.1) is 0 Å². The van der Waals surface area contributed by atoms with E-state index in [1.807, 2.05) is 0 Å². The summed E-state index contributed by atoms with van der Waals surface area (Å²) in [4.78, 5) is 6.92. The Balaban J connectivity index is 1.84. The highest BCUT2D eigenvalue weighted by Gasteiger charge is 2.38. The Morgan fingerprint density at radius 2 is 1.96 bits per heavy atom. The molecule has 25 heavy (non-hydrogen) atoms. The third-order valence-electron chi connectivity index (χ3n) is 5.48. The molecule has 0 radical (unpaired) electrons. The van der Waals surface area contributed by atoms with Gasteiger partial charge in [-0.05, 0) is 65.5 Å². The van der Waals surface area contributed by atoms with Crippen LogP contribution in [-0.4, -0.2) is 62.4 Å². The van der Waals surface area contributed by atoms with Crippen LogP contribution < -0.4 is 21.7 Å². The summed E-state index contributed by atoms with van der Waals surface area (Å²) in [6.07, 6.45) is 4.25. The molecule has 1 aromatic rings. The van der Waals surface area contributed by atoms with E-state index in [1.54, 1.807) is 0 Å². The summed E-state index contributed by atoms with van der Waals surface area (Å²) in [6.45, 7) is 4.15. The Morgan fingerprint density at radius 1 is 1.16 bits per heavy atom. The zero-order chi connectivity index (χ0) is 17.8. The van der Waals surface area contributed by atoms with E-state index in [-0.39, 0.29) is 12.5 Å². The number of para-hydroxylation sites is 1. The fraction of sp³-hybridized carbons (Fsp3) is 0.684. The summed E-state index contributed by atoms with van der Waals surface area (Å²) in [6, 6.07) is 8.93. The predicted octanol–water partition coefficient (Wildman–Crippen LogP) is 1.10. The molecule has 1 fully saturated rings. The van der Waals surface area contributed by atoms with E-state index in [4.69, 9.17) is 11.5 Å². The fourth-order valence-corrected chi connectivity index (χ4v) is 4.18. The van der Waals surface area contributed by atoms with Gasteiger partial charge in [-0.15, -0.1) is 0 Å². The van der Waals surface area contributed by atoms with E-state index in [1.165, 1.54) is 17.7 Å². The first-order chi connectivity index (χ1) is 12.1. The van der Waals surface area contributed by atoms with Gasteiger partial charge < -0.3 is 20.9 Å².